The maximum Gasteiger partial charge on any atom is 0.328 e. The molecule has 0 unspecified atom stereocenters. The van der Waals surface area contributed by atoms with Gasteiger partial charge in [-0.1, -0.05) is 41.9 Å². The molecule has 77 heavy (non-hydrogen) atoms. The Labute approximate surface area is 433 Å². The van der Waals surface area contributed by atoms with Crippen LogP contribution in [0.4, 0.5) is 33.2 Å². The van der Waals surface area contributed by atoms with E-state index in [4.69, 9.17) is 23.4 Å². The van der Waals surface area contributed by atoms with E-state index in [2.05, 4.69) is 60.5 Å². The van der Waals surface area contributed by atoms with E-state index in [1.807, 2.05) is 16.7 Å². The van der Waals surface area contributed by atoms with E-state index in [0.29, 0.717) is 78.4 Å². The van der Waals surface area contributed by atoms with E-state index in [1.165, 1.54) is 31.2 Å². The van der Waals surface area contributed by atoms with Crippen molar-refractivity contribution in [2.75, 3.05) is 5.32 Å². The molecule has 0 bridgehead atoms. The van der Waals surface area contributed by atoms with Gasteiger partial charge in [0.1, 0.15) is 5.76 Å². The molecular formula is C49H33ClN16O11. The Bertz CT molecular complexity index is 4140. The number of amides is 6. The standard InChI is InChI=1S/C20H10N4O2.C17H13ClN6O5.C12H10N6O4/c1-22-14-7-3-6-13(9-14)18-16-15(19(25)24-18)17(23-20(16)26)12-5-2-4-11(8-12)10-21;1-8(25)15(23-22-12-4-2-9(18)6-14(12)24(28)29)16(26)19-10-3-5-11-13(7-10)21-17(27)20-11;1-4-2-6-7(14-11(21)13-6)3-5(4)17-18-8-9(19)15-12(22)16-10(8)20/h2-9,24-25H;2-7,25H,1H3,(H,19,26)(H2,20,21,27);2-3,8H,1H3,(H2,13,14,21)(H2,15,16,19,20,22)/b;15-8+,23-22?;. The van der Waals surface area contributed by atoms with Crippen LogP contribution < -0.4 is 27.3 Å². The minimum atomic E-state index is -1.43. The van der Waals surface area contributed by atoms with Gasteiger partial charge in [0.15, 0.2) is 23.0 Å². The summed E-state index contributed by atoms with van der Waals surface area (Å²) in [5, 5.41) is 61.8. The fourth-order valence-corrected chi connectivity index (χ4v) is 7.64. The highest BCUT2D eigenvalue weighted by molar-refractivity contribution is 6.31. The smallest absolute Gasteiger partial charge is 0.328 e. The fraction of sp³-hybridized carbons (Fsp3) is 0.0612. The summed E-state index contributed by atoms with van der Waals surface area (Å²) < 4.78 is 0. The minimum absolute atomic E-state index is 0.140. The highest BCUT2D eigenvalue weighted by Gasteiger charge is 2.35. The predicted molar refractivity (Wildman–Crippen MR) is 274 cm³/mol. The fourth-order valence-electron chi connectivity index (χ4n) is 7.47. The number of aryl methyl sites for hydroxylation is 1. The average Bonchev–Trinajstić information content (AvgIpc) is 4.17. The van der Waals surface area contributed by atoms with Crippen LogP contribution in [0.2, 0.25) is 5.02 Å². The number of hydrogen-bond acceptors (Lipinski definition) is 16. The molecule has 0 atom stereocenters. The third-order valence-corrected chi connectivity index (χ3v) is 11.2. The number of aliphatic hydroxyl groups excluding tert-OH is 1. The van der Waals surface area contributed by atoms with Crippen LogP contribution in [-0.2, 0) is 14.4 Å². The lowest BCUT2D eigenvalue weighted by Crippen LogP contribution is -2.57. The van der Waals surface area contributed by atoms with Gasteiger partial charge in [0.05, 0.1) is 73.4 Å². The first kappa shape index (κ1) is 51.9. The lowest BCUT2D eigenvalue weighted by Gasteiger charge is -2.16. The number of aliphatic imine (C=N–C) groups is 1. The number of nitrogens with zero attached hydrogens (tertiary/aromatic N) is 8. The summed E-state index contributed by atoms with van der Waals surface area (Å²) >= 11 is 5.74. The number of aromatic amines is 5. The lowest BCUT2D eigenvalue weighted by molar-refractivity contribution is -0.384. The highest BCUT2D eigenvalue weighted by atomic mass is 35.5. The lowest BCUT2D eigenvalue weighted by atomic mass is 9.99. The number of carbonyl (C=O) groups is 5. The van der Waals surface area contributed by atoms with Crippen molar-refractivity contribution in [2.24, 2.45) is 25.4 Å². The molecule has 6 amide bonds. The number of carbonyl (C=O) groups excluding carboxylic acids is 5. The molecule has 10 rings (SSSR count). The number of hydrogen-bond donors (Lipinski definition) is 10. The number of aromatic hydroxyl groups is 1. The first-order valence-corrected chi connectivity index (χ1v) is 22.3. The van der Waals surface area contributed by atoms with Crippen molar-refractivity contribution < 1.29 is 39.1 Å². The van der Waals surface area contributed by atoms with Gasteiger partial charge in [-0.05, 0) is 85.6 Å². The van der Waals surface area contributed by atoms with Crippen molar-refractivity contribution >= 4 is 97.5 Å². The molecule has 0 spiro atoms. The molecule has 3 aromatic heterocycles. The van der Waals surface area contributed by atoms with Crippen LogP contribution in [0.3, 0.4) is 0 Å². The van der Waals surface area contributed by atoms with Crippen molar-refractivity contribution in [2.45, 2.75) is 19.9 Å². The van der Waals surface area contributed by atoms with Crippen LogP contribution in [-0.4, -0.2) is 81.5 Å². The summed E-state index contributed by atoms with van der Waals surface area (Å²) in [6.45, 7) is 10.1. The SMILES string of the molecule is C/C(O)=C(\N=Nc1ccc(Cl)cc1[N+](=O)[O-])C(=O)Nc1ccc2[nH]c(=O)[nH]c2c1.Cc1cc2[nH]c(=O)[nH]c2cc1N=NC1C(=O)NC(=O)NC1=O.[C-]#[N+]c1cccc(-c2[nH]c(O)c3c2C(=O)N=C3c2cccc(C#N)c2)c1. The number of anilines is 1. The number of allylic oxidation sites excluding steroid dienone is 1. The van der Waals surface area contributed by atoms with Crippen molar-refractivity contribution in [3.63, 3.8) is 0 Å². The zero-order valence-corrected chi connectivity index (χ0v) is 40.1. The Morgan fingerprint density at radius 3 is 2.16 bits per heavy atom. The number of nitriles is 1. The van der Waals surface area contributed by atoms with Crippen LogP contribution in [0.25, 0.3) is 38.2 Å². The second kappa shape index (κ2) is 21.7. The quantitative estimate of drug-likeness (QED) is 0.0126. The van der Waals surface area contributed by atoms with Crippen molar-refractivity contribution in [1.82, 2.24) is 35.6 Å². The topological polar surface area (TPSA) is 408 Å². The van der Waals surface area contributed by atoms with E-state index >= 15 is 0 Å². The molecule has 0 aliphatic carbocycles. The Balaban J connectivity index is 0.000000154. The van der Waals surface area contributed by atoms with E-state index in [1.54, 1.807) is 73.7 Å². The molecule has 5 aromatic carbocycles. The van der Waals surface area contributed by atoms with Crippen LogP contribution in [0, 0.1) is 34.9 Å². The molecular weight excluding hydrogens is 1020 g/mol. The third kappa shape index (κ3) is 11.4. The molecule has 10 N–H and O–H groups in total. The minimum Gasteiger partial charge on any atom is -0.510 e. The second-order valence-electron chi connectivity index (χ2n) is 16.2. The number of H-pyrrole nitrogens is 5. The number of aliphatic hydroxyl groups is 1. The predicted octanol–water partition coefficient (Wildman–Crippen LogP) is 7.71. The first-order valence-electron chi connectivity index (χ1n) is 22.0. The summed E-state index contributed by atoms with van der Waals surface area (Å²) in [7, 11) is 0. The van der Waals surface area contributed by atoms with E-state index in [-0.39, 0.29) is 27.8 Å². The summed E-state index contributed by atoms with van der Waals surface area (Å²) in [6.07, 6.45) is 0. The summed E-state index contributed by atoms with van der Waals surface area (Å²) in [5.41, 5.74) is 5.20. The van der Waals surface area contributed by atoms with Gasteiger partial charge >= 0.3 is 17.4 Å². The molecule has 0 saturated carbocycles. The molecule has 2 aliphatic rings. The number of nitrogens with one attached hydrogen (secondary N) is 8. The Kier molecular flexibility index (Phi) is 14.6. The maximum atomic E-state index is 12.5. The summed E-state index contributed by atoms with van der Waals surface area (Å²) in [4.78, 5) is 113. The zero-order chi connectivity index (χ0) is 55.2. The third-order valence-electron chi connectivity index (χ3n) is 11.0. The van der Waals surface area contributed by atoms with Gasteiger partial charge in [0, 0.05) is 22.3 Å². The number of fused-ring (bicyclic) bond motifs is 3. The molecule has 382 valence electrons. The number of aromatic nitrogens is 5. The number of halogens is 1. The van der Waals surface area contributed by atoms with Crippen molar-refractivity contribution in [3.8, 4) is 23.2 Å². The number of urea groups is 1. The molecule has 0 radical (unpaired) electrons. The van der Waals surface area contributed by atoms with Gasteiger partial charge in [0.25, 0.3) is 29.3 Å². The van der Waals surface area contributed by atoms with Crippen molar-refractivity contribution in [3.05, 3.63) is 184 Å². The number of nitro groups is 1. The van der Waals surface area contributed by atoms with Gasteiger partial charge in [-0.2, -0.15) is 15.5 Å². The number of nitro benzene ring substituents is 1. The number of rotatable bonds is 9. The summed E-state index contributed by atoms with van der Waals surface area (Å²) in [6, 6.07) is 24.8. The molecule has 1 fully saturated rings. The Morgan fingerprint density at radius 2 is 1.48 bits per heavy atom. The number of benzene rings is 5. The highest BCUT2D eigenvalue weighted by Crippen LogP contribution is 2.39. The number of imide groups is 2. The van der Waals surface area contributed by atoms with E-state index in [0.717, 1.165) is 6.07 Å². The zero-order valence-electron chi connectivity index (χ0n) is 39.3. The van der Waals surface area contributed by atoms with Gasteiger partial charge in [-0.25, -0.2) is 24.2 Å². The van der Waals surface area contributed by atoms with Crippen molar-refractivity contribution in [1.29, 1.82) is 5.26 Å². The molecule has 2 aliphatic heterocycles. The molecule has 27 nitrogen and oxygen atoms in total. The van der Waals surface area contributed by atoms with Crippen LogP contribution in [0.5, 0.6) is 5.88 Å². The molecule has 8 aromatic rings. The normalized spacial score (nSPS) is 13.4. The molecule has 5 heterocycles. The van der Waals surface area contributed by atoms with E-state index < -0.39 is 63.5 Å². The van der Waals surface area contributed by atoms with Crippen LogP contribution in [0.1, 0.15) is 39.5 Å². The van der Waals surface area contributed by atoms with Gasteiger partial charge in [-0.15, -0.1) is 10.2 Å². The monoisotopic (exact) mass is 1060 g/mol. The number of imidazole rings is 2. The number of azo groups is 2. The Hall–Kier alpha value is -11.5. The second-order valence-corrected chi connectivity index (χ2v) is 16.7. The van der Waals surface area contributed by atoms with Crippen LogP contribution in [0.15, 0.2) is 144 Å². The average molecular weight is 1060 g/mol. The van der Waals surface area contributed by atoms with Crippen LogP contribution >= 0.6 is 11.6 Å². The Morgan fingerprint density at radius 1 is 0.818 bits per heavy atom. The first-order chi connectivity index (χ1) is 36.8. The van der Waals surface area contributed by atoms with Gasteiger partial charge < -0.3 is 40.4 Å². The van der Waals surface area contributed by atoms with E-state index in [9.17, 15) is 53.9 Å². The summed E-state index contributed by atoms with van der Waals surface area (Å²) in [5.74, 6) is -3.58. The molecule has 1 saturated heterocycles. The molecule has 28 heteroatoms. The maximum absolute atomic E-state index is 12.5. The largest absolute Gasteiger partial charge is 0.510 e. The van der Waals surface area contributed by atoms with Gasteiger partial charge in [-0.3, -0.25) is 39.9 Å². The number of barbiturate groups is 1. The van der Waals surface area contributed by atoms with Gasteiger partial charge in [0.2, 0.25) is 6.04 Å².